The molecule has 0 saturated heterocycles. The van der Waals surface area contributed by atoms with Crippen LogP contribution >= 0.6 is 12.4 Å². The lowest BCUT2D eigenvalue weighted by Gasteiger charge is -1.80. The predicted octanol–water partition coefficient (Wildman–Crippen LogP) is 1.43. The van der Waals surface area contributed by atoms with E-state index in [0.717, 1.165) is 6.04 Å². The molecule has 1 aliphatic rings. The Morgan fingerprint density at radius 3 is 1.86 bits per heavy atom. The Morgan fingerprint density at radius 1 is 1.43 bits per heavy atom. The van der Waals surface area contributed by atoms with Gasteiger partial charge < -0.3 is 5.32 Å². The number of hydrogen-bond donors (Lipinski definition) is 1. The molecule has 46 valence electrons. The Kier molecular flexibility index (Phi) is 6.47. The summed E-state index contributed by atoms with van der Waals surface area (Å²) in [7, 11) is 2.01. The molecule has 0 aliphatic heterocycles. The highest BCUT2D eigenvalue weighted by atomic mass is 35.5. The lowest BCUT2D eigenvalue weighted by Crippen LogP contribution is -2.06. The molecule has 0 amide bonds. The summed E-state index contributed by atoms with van der Waals surface area (Å²) in [6.45, 7) is 0. The van der Waals surface area contributed by atoms with Gasteiger partial charge in [0.2, 0.25) is 0 Å². The summed E-state index contributed by atoms with van der Waals surface area (Å²) in [6, 6.07) is 0.884. The minimum Gasteiger partial charge on any atom is -0.317 e. The van der Waals surface area contributed by atoms with E-state index in [1.54, 1.807) is 0 Å². The highest BCUT2D eigenvalue weighted by Crippen LogP contribution is 2.16. The van der Waals surface area contributed by atoms with Crippen molar-refractivity contribution in [2.75, 3.05) is 7.05 Å². The fourth-order valence-electron chi connectivity index (χ4n) is 0.372. The molecule has 1 saturated carbocycles. The first-order chi connectivity index (χ1) is 2.43. The van der Waals surface area contributed by atoms with Gasteiger partial charge in [0.05, 0.1) is 0 Å². The van der Waals surface area contributed by atoms with Crippen LogP contribution in [0.5, 0.6) is 0 Å². The van der Waals surface area contributed by atoms with Crippen molar-refractivity contribution in [2.24, 2.45) is 0 Å². The molecule has 0 aromatic heterocycles. The second kappa shape index (κ2) is 4.41. The largest absolute Gasteiger partial charge is 0.317 e. The SMILES string of the molecule is C.CNC1CC1.Cl. The highest BCUT2D eigenvalue weighted by Gasteiger charge is 2.17. The average molecular weight is 124 g/mol. The van der Waals surface area contributed by atoms with Gasteiger partial charge in [-0.2, -0.15) is 0 Å². The van der Waals surface area contributed by atoms with Crippen molar-refractivity contribution in [3.63, 3.8) is 0 Å². The number of nitrogens with one attached hydrogen (secondary N) is 1. The van der Waals surface area contributed by atoms with Crippen molar-refractivity contribution in [1.29, 1.82) is 0 Å². The molecule has 0 aromatic carbocycles. The van der Waals surface area contributed by atoms with E-state index in [-0.39, 0.29) is 19.8 Å². The lowest BCUT2D eigenvalue weighted by molar-refractivity contribution is 0.811. The van der Waals surface area contributed by atoms with E-state index < -0.39 is 0 Å². The van der Waals surface area contributed by atoms with Crippen LogP contribution < -0.4 is 5.32 Å². The quantitative estimate of drug-likeness (QED) is 0.556. The smallest absolute Gasteiger partial charge is 0.00652 e. The zero-order valence-electron chi connectivity index (χ0n) is 3.90. The molecule has 0 spiro atoms. The summed E-state index contributed by atoms with van der Waals surface area (Å²) in [5.74, 6) is 0. The summed E-state index contributed by atoms with van der Waals surface area (Å²) in [5, 5.41) is 3.14. The molecule has 7 heavy (non-hydrogen) atoms. The van der Waals surface area contributed by atoms with Crippen LogP contribution in [0.2, 0.25) is 0 Å². The summed E-state index contributed by atoms with van der Waals surface area (Å²) in [6.07, 6.45) is 2.80. The van der Waals surface area contributed by atoms with Gasteiger partial charge in [-0.3, -0.25) is 0 Å². The van der Waals surface area contributed by atoms with Crippen LogP contribution in [0.25, 0.3) is 0 Å². The molecular formula is C5H14ClN. The molecular weight excluding hydrogens is 110 g/mol. The van der Waals surface area contributed by atoms with Gasteiger partial charge in [-0.15, -0.1) is 12.4 Å². The maximum Gasteiger partial charge on any atom is 0.00652 e. The van der Waals surface area contributed by atoms with Crippen molar-refractivity contribution in [3.8, 4) is 0 Å². The summed E-state index contributed by atoms with van der Waals surface area (Å²) in [5.41, 5.74) is 0. The molecule has 0 bridgehead atoms. The van der Waals surface area contributed by atoms with E-state index in [4.69, 9.17) is 0 Å². The van der Waals surface area contributed by atoms with Crippen LogP contribution in [-0.2, 0) is 0 Å². The Morgan fingerprint density at radius 2 is 1.86 bits per heavy atom. The van der Waals surface area contributed by atoms with Crippen LogP contribution in [0, 0.1) is 0 Å². The first-order valence-electron chi connectivity index (χ1n) is 2.11. The fraction of sp³-hybridized carbons (Fsp3) is 1.00. The van der Waals surface area contributed by atoms with Gasteiger partial charge in [-0.1, -0.05) is 7.43 Å². The number of halogens is 1. The van der Waals surface area contributed by atoms with E-state index in [1.165, 1.54) is 12.8 Å². The van der Waals surface area contributed by atoms with Gasteiger partial charge in [0, 0.05) is 6.04 Å². The number of rotatable bonds is 1. The second-order valence-corrected chi connectivity index (χ2v) is 1.56. The van der Waals surface area contributed by atoms with Crippen molar-refractivity contribution in [2.45, 2.75) is 26.3 Å². The maximum atomic E-state index is 3.14. The van der Waals surface area contributed by atoms with Gasteiger partial charge >= 0.3 is 0 Å². The molecule has 0 unspecified atom stereocenters. The molecule has 0 aromatic rings. The molecule has 0 heterocycles. The van der Waals surface area contributed by atoms with Crippen LogP contribution in [0.1, 0.15) is 20.3 Å². The minimum absolute atomic E-state index is 0. The first kappa shape index (κ1) is 10.3. The van der Waals surface area contributed by atoms with Gasteiger partial charge in [0.25, 0.3) is 0 Å². The summed E-state index contributed by atoms with van der Waals surface area (Å²) >= 11 is 0. The Bertz CT molecular complexity index is 35.1. The topological polar surface area (TPSA) is 12.0 Å². The van der Waals surface area contributed by atoms with E-state index in [1.807, 2.05) is 7.05 Å². The minimum atomic E-state index is 0. The molecule has 0 radical (unpaired) electrons. The van der Waals surface area contributed by atoms with Crippen molar-refractivity contribution < 1.29 is 0 Å². The predicted molar refractivity (Wildman–Crippen MR) is 36.1 cm³/mol. The normalized spacial score (nSPS) is 16.7. The Hall–Kier alpha value is 0.250. The summed E-state index contributed by atoms with van der Waals surface area (Å²) in [4.78, 5) is 0. The van der Waals surface area contributed by atoms with Gasteiger partial charge in [-0.25, -0.2) is 0 Å². The monoisotopic (exact) mass is 123 g/mol. The fourth-order valence-corrected chi connectivity index (χ4v) is 0.372. The highest BCUT2D eigenvalue weighted by molar-refractivity contribution is 5.85. The van der Waals surface area contributed by atoms with E-state index >= 15 is 0 Å². The molecule has 1 aliphatic carbocycles. The lowest BCUT2D eigenvalue weighted by atomic mass is 10.7. The van der Waals surface area contributed by atoms with Gasteiger partial charge in [-0.05, 0) is 19.9 Å². The average Bonchev–Trinajstić information content (AvgIpc) is 2.12. The zero-order chi connectivity index (χ0) is 3.70. The third-order valence-electron chi connectivity index (χ3n) is 0.986. The standard InChI is InChI=1S/C4H9N.CH4.ClH/c1-5-4-2-3-4;;/h4-5H,2-3H2,1H3;1H4;1H. The van der Waals surface area contributed by atoms with Crippen LogP contribution in [0.4, 0.5) is 0 Å². The molecule has 1 nitrogen and oxygen atoms in total. The summed E-state index contributed by atoms with van der Waals surface area (Å²) < 4.78 is 0. The van der Waals surface area contributed by atoms with E-state index in [0.29, 0.717) is 0 Å². The van der Waals surface area contributed by atoms with Crippen LogP contribution in [0.15, 0.2) is 0 Å². The Labute approximate surface area is 51.9 Å². The van der Waals surface area contributed by atoms with Crippen molar-refractivity contribution in [1.82, 2.24) is 5.32 Å². The third-order valence-corrected chi connectivity index (χ3v) is 0.986. The maximum absolute atomic E-state index is 3.14. The van der Waals surface area contributed by atoms with Crippen LogP contribution in [-0.4, -0.2) is 13.1 Å². The van der Waals surface area contributed by atoms with Crippen molar-refractivity contribution in [3.05, 3.63) is 0 Å². The number of hydrogen-bond acceptors (Lipinski definition) is 1. The molecule has 2 heteroatoms. The van der Waals surface area contributed by atoms with Gasteiger partial charge in [0.15, 0.2) is 0 Å². The molecule has 0 atom stereocenters. The molecule has 1 fully saturated rings. The van der Waals surface area contributed by atoms with E-state index in [9.17, 15) is 0 Å². The van der Waals surface area contributed by atoms with Gasteiger partial charge in [0.1, 0.15) is 0 Å². The first-order valence-corrected chi connectivity index (χ1v) is 2.11. The van der Waals surface area contributed by atoms with E-state index in [2.05, 4.69) is 5.32 Å². The second-order valence-electron chi connectivity index (χ2n) is 1.56. The molecule has 1 rings (SSSR count). The van der Waals surface area contributed by atoms with Crippen molar-refractivity contribution >= 4 is 12.4 Å². The third kappa shape index (κ3) is 4.10. The molecule has 1 N–H and O–H groups in total. The Balaban J connectivity index is 0. The van der Waals surface area contributed by atoms with Crippen LogP contribution in [0.3, 0.4) is 0 Å². The zero-order valence-corrected chi connectivity index (χ0v) is 4.72.